The number of para-hydroxylation sites is 1. The number of rotatable bonds is 7. The standard InChI is InChI=1S/C25H21FN4O3S/c26-18-7-4-6-17(14-18)23(32)28-19-8-3-5-16(13-19)15-27-22(31)11-12-30-24(33)20-9-1-2-10-21(20)29-25(30)34/h1-10,13-14H,11-12,15H2,(H,27,31)(H,28,32)(H,29,34). The number of carbonyl (C=O) groups excluding carboxylic acids is 2. The molecule has 34 heavy (non-hydrogen) atoms. The fourth-order valence-corrected chi connectivity index (χ4v) is 3.78. The third-order valence-corrected chi connectivity index (χ3v) is 5.54. The van der Waals surface area contributed by atoms with E-state index in [4.69, 9.17) is 12.2 Å². The molecule has 3 N–H and O–H groups in total. The van der Waals surface area contributed by atoms with Crippen molar-refractivity contribution >= 4 is 40.6 Å². The molecule has 0 aliphatic carbocycles. The topological polar surface area (TPSA) is 96.0 Å². The molecule has 0 radical (unpaired) electrons. The second-order valence-electron chi connectivity index (χ2n) is 7.62. The van der Waals surface area contributed by atoms with Crippen LogP contribution in [0.2, 0.25) is 0 Å². The lowest BCUT2D eigenvalue weighted by Gasteiger charge is -2.10. The van der Waals surface area contributed by atoms with Crippen LogP contribution in [-0.2, 0) is 17.9 Å². The summed E-state index contributed by atoms with van der Waals surface area (Å²) in [5, 5.41) is 6.03. The second-order valence-corrected chi connectivity index (χ2v) is 8.01. The fourth-order valence-electron chi connectivity index (χ4n) is 3.50. The predicted molar refractivity (Wildman–Crippen MR) is 131 cm³/mol. The van der Waals surface area contributed by atoms with Gasteiger partial charge in [0.25, 0.3) is 11.5 Å². The van der Waals surface area contributed by atoms with Crippen molar-refractivity contribution in [3.8, 4) is 0 Å². The number of aromatic nitrogens is 2. The molecule has 1 heterocycles. The van der Waals surface area contributed by atoms with Gasteiger partial charge in [0.1, 0.15) is 5.82 Å². The Morgan fingerprint density at radius 3 is 2.62 bits per heavy atom. The van der Waals surface area contributed by atoms with E-state index in [0.29, 0.717) is 16.6 Å². The van der Waals surface area contributed by atoms with Crippen LogP contribution in [-0.4, -0.2) is 21.4 Å². The summed E-state index contributed by atoms with van der Waals surface area (Å²) in [6.07, 6.45) is 0.0751. The molecule has 4 rings (SSSR count). The van der Waals surface area contributed by atoms with E-state index in [0.717, 1.165) is 11.6 Å². The van der Waals surface area contributed by atoms with Gasteiger partial charge in [0.05, 0.1) is 10.9 Å². The highest BCUT2D eigenvalue weighted by Gasteiger charge is 2.10. The van der Waals surface area contributed by atoms with E-state index in [1.807, 2.05) is 12.1 Å². The quantitative estimate of drug-likeness (QED) is 0.349. The van der Waals surface area contributed by atoms with Gasteiger partial charge in [-0.2, -0.15) is 0 Å². The lowest BCUT2D eigenvalue weighted by Crippen LogP contribution is -2.28. The van der Waals surface area contributed by atoms with Gasteiger partial charge in [-0.05, 0) is 60.2 Å². The van der Waals surface area contributed by atoms with Gasteiger partial charge in [-0.1, -0.05) is 30.3 Å². The van der Waals surface area contributed by atoms with E-state index in [9.17, 15) is 18.8 Å². The summed E-state index contributed by atoms with van der Waals surface area (Å²) in [5.41, 5.74) is 1.91. The summed E-state index contributed by atoms with van der Waals surface area (Å²) in [7, 11) is 0. The van der Waals surface area contributed by atoms with Crippen LogP contribution in [0.4, 0.5) is 10.1 Å². The first-order valence-electron chi connectivity index (χ1n) is 10.5. The first-order chi connectivity index (χ1) is 16.4. The molecule has 9 heteroatoms. The van der Waals surface area contributed by atoms with Crippen LogP contribution in [0.1, 0.15) is 22.3 Å². The molecule has 0 saturated heterocycles. The Morgan fingerprint density at radius 2 is 1.79 bits per heavy atom. The van der Waals surface area contributed by atoms with Crippen LogP contribution in [0.3, 0.4) is 0 Å². The SMILES string of the molecule is O=C(CCn1c(=S)[nH]c2ccccc2c1=O)NCc1cccc(NC(=O)c2cccc(F)c2)c1. The number of fused-ring (bicyclic) bond motifs is 1. The van der Waals surface area contributed by atoms with E-state index in [1.54, 1.807) is 36.4 Å². The Hall–Kier alpha value is -4.11. The van der Waals surface area contributed by atoms with Crippen LogP contribution < -0.4 is 16.2 Å². The van der Waals surface area contributed by atoms with Gasteiger partial charge < -0.3 is 15.6 Å². The van der Waals surface area contributed by atoms with Crippen molar-refractivity contribution in [1.29, 1.82) is 0 Å². The summed E-state index contributed by atoms with van der Waals surface area (Å²) in [5.74, 6) is -1.17. The summed E-state index contributed by atoms with van der Waals surface area (Å²) in [6.45, 7) is 0.385. The molecule has 0 bridgehead atoms. The normalized spacial score (nSPS) is 10.7. The number of H-pyrrole nitrogens is 1. The van der Waals surface area contributed by atoms with Gasteiger partial charge in [0.15, 0.2) is 4.77 Å². The molecular formula is C25H21FN4O3S. The Bertz CT molecular complexity index is 1500. The van der Waals surface area contributed by atoms with E-state index in [-0.39, 0.29) is 41.3 Å². The molecule has 0 saturated carbocycles. The monoisotopic (exact) mass is 476 g/mol. The highest BCUT2D eigenvalue weighted by Crippen LogP contribution is 2.13. The minimum absolute atomic E-state index is 0.0751. The summed E-state index contributed by atoms with van der Waals surface area (Å²) in [4.78, 5) is 40.4. The van der Waals surface area contributed by atoms with E-state index < -0.39 is 11.7 Å². The molecule has 0 spiro atoms. The van der Waals surface area contributed by atoms with Crippen LogP contribution in [0, 0.1) is 10.6 Å². The van der Waals surface area contributed by atoms with Gasteiger partial charge >= 0.3 is 0 Å². The number of halogens is 1. The number of amides is 2. The summed E-state index contributed by atoms with van der Waals surface area (Å²) >= 11 is 5.27. The lowest BCUT2D eigenvalue weighted by molar-refractivity contribution is -0.121. The Labute approximate surface area is 199 Å². The summed E-state index contributed by atoms with van der Waals surface area (Å²) in [6, 6.07) is 19.5. The zero-order valence-corrected chi connectivity index (χ0v) is 18.8. The molecule has 3 aromatic carbocycles. The summed E-state index contributed by atoms with van der Waals surface area (Å²) < 4.78 is 15.0. The average Bonchev–Trinajstić information content (AvgIpc) is 2.83. The van der Waals surface area contributed by atoms with E-state index in [2.05, 4.69) is 15.6 Å². The molecule has 7 nitrogen and oxygen atoms in total. The van der Waals surface area contributed by atoms with Crippen LogP contribution >= 0.6 is 12.2 Å². The highest BCUT2D eigenvalue weighted by molar-refractivity contribution is 7.71. The van der Waals surface area contributed by atoms with Crippen molar-refractivity contribution < 1.29 is 14.0 Å². The highest BCUT2D eigenvalue weighted by atomic mass is 32.1. The Balaban J connectivity index is 1.35. The van der Waals surface area contributed by atoms with Crippen molar-refractivity contribution in [3.05, 3.63) is 105 Å². The molecule has 0 aliphatic rings. The van der Waals surface area contributed by atoms with Crippen molar-refractivity contribution in [2.24, 2.45) is 0 Å². The molecule has 1 aromatic heterocycles. The minimum Gasteiger partial charge on any atom is -0.352 e. The molecule has 4 aromatic rings. The maximum atomic E-state index is 13.3. The number of carbonyl (C=O) groups is 2. The number of nitrogens with zero attached hydrogens (tertiary/aromatic N) is 1. The fraction of sp³-hybridized carbons (Fsp3) is 0.120. The van der Waals surface area contributed by atoms with Crippen LogP contribution in [0.5, 0.6) is 0 Å². The Kier molecular flexibility index (Phi) is 6.93. The average molecular weight is 477 g/mol. The van der Waals surface area contributed by atoms with E-state index in [1.165, 1.54) is 22.8 Å². The first-order valence-corrected chi connectivity index (χ1v) is 11.0. The van der Waals surface area contributed by atoms with Crippen molar-refractivity contribution in [1.82, 2.24) is 14.9 Å². The molecule has 0 aliphatic heterocycles. The van der Waals surface area contributed by atoms with Gasteiger partial charge in [0, 0.05) is 30.8 Å². The van der Waals surface area contributed by atoms with Crippen LogP contribution in [0.25, 0.3) is 10.9 Å². The number of hydrogen-bond acceptors (Lipinski definition) is 4. The molecular weight excluding hydrogens is 455 g/mol. The largest absolute Gasteiger partial charge is 0.352 e. The van der Waals surface area contributed by atoms with Gasteiger partial charge in [-0.25, -0.2) is 4.39 Å². The van der Waals surface area contributed by atoms with Crippen molar-refractivity contribution in [2.45, 2.75) is 19.5 Å². The molecule has 2 amide bonds. The molecule has 0 atom stereocenters. The number of hydrogen-bond donors (Lipinski definition) is 3. The smallest absolute Gasteiger partial charge is 0.262 e. The zero-order chi connectivity index (χ0) is 24.1. The second kappa shape index (κ2) is 10.2. The van der Waals surface area contributed by atoms with Gasteiger partial charge in [0.2, 0.25) is 5.91 Å². The lowest BCUT2D eigenvalue weighted by atomic mass is 10.1. The number of nitrogens with one attached hydrogen (secondary N) is 3. The zero-order valence-electron chi connectivity index (χ0n) is 18.0. The Morgan fingerprint density at radius 1 is 1.00 bits per heavy atom. The van der Waals surface area contributed by atoms with Crippen molar-refractivity contribution in [3.63, 3.8) is 0 Å². The molecule has 0 fully saturated rings. The van der Waals surface area contributed by atoms with Crippen molar-refractivity contribution in [2.75, 3.05) is 5.32 Å². The maximum absolute atomic E-state index is 13.3. The van der Waals surface area contributed by atoms with Crippen LogP contribution in [0.15, 0.2) is 77.6 Å². The predicted octanol–water partition coefficient (Wildman–Crippen LogP) is 4.16. The third-order valence-electron chi connectivity index (χ3n) is 5.21. The van der Waals surface area contributed by atoms with Gasteiger partial charge in [-0.15, -0.1) is 0 Å². The molecule has 172 valence electrons. The number of aromatic amines is 1. The molecule has 0 unspecified atom stereocenters. The maximum Gasteiger partial charge on any atom is 0.262 e. The number of benzene rings is 3. The number of anilines is 1. The van der Waals surface area contributed by atoms with Gasteiger partial charge in [-0.3, -0.25) is 19.0 Å². The third kappa shape index (κ3) is 5.44. The first kappa shape index (κ1) is 23.1. The van der Waals surface area contributed by atoms with E-state index >= 15 is 0 Å². The minimum atomic E-state index is -0.490.